The van der Waals surface area contributed by atoms with Gasteiger partial charge in [-0.2, -0.15) is 0 Å². The molecule has 0 spiro atoms. The number of rotatable bonds is 8. The maximum atomic E-state index is 9.60. The summed E-state index contributed by atoms with van der Waals surface area (Å²) in [6.45, 7) is 12.5. The van der Waals surface area contributed by atoms with E-state index in [2.05, 4.69) is 19.7 Å². The molecule has 0 aromatic carbocycles. The molecule has 0 aliphatic carbocycles. The summed E-state index contributed by atoms with van der Waals surface area (Å²) in [5.74, 6) is -2.81. The molecule has 12 nitrogen and oxygen atoms in total. The van der Waals surface area contributed by atoms with Crippen LogP contribution in [-0.2, 0) is 14.4 Å². The van der Waals surface area contributed by atoms with Crippen molar-refractivity contribution in [1.82, 2.24) is 0 Å². The van der Waals surface area contributed by atoms with Gasteiger partial charge < -0.3 is 46.0 Å². The maximum absolute atomic E-state index is 9.60. The summed E-state index contributed by atoms with van der Waals surface area (Å²) in [5, 5.41) is 77.3. The molecule has 0 aliphatic heterocycles. The van der Waals surface area contributed by atoms with Crippen LogP contribution in [-0.4, -0.2) is 95.6 Å². The highest BCUT2D eigenvalue weighted by atomic mass is 16.5. The van der Waals surface area contributed by atoms with Crippen molar-refractivity contribution >= 4 is 17.9 Å². The van der Waals surface area contributed by atoms with E-state index in [1.165, 1.54) is 20.8 Å². The Balaban J connectivity index is -0.000000171. The van der Waals surface area contributed by atoms with Crippen LogP contribution in [0.3, 0.4) is 0 Å². The Kier molecular flexibility index (Phi) is 19.8. The molecule has 0 heterocycles. The number of carbonyl (C=O) groups is 3. The molecule has 1 unspecified atom stereocenters. The number of aliphatic hydroxyl groups excluding tert-OH is 4. The Morgan fingerprint density at radius 3 is 0.903 bits per heavy atom. The minimum absolute atomic E-state index is 0.176. The molecule has 0 radical (unpaired) electrons. The number of carboxylic acids is 3. The van der Waals surface area contributed by atoms with E-state index in [0.29, 0.717) is 0 Å². The lowest BCUT2D eigenvalue weighted by atomic mass is 9.74. The van der Waals surface area contributed by atoms with E-state index < -0.39 is 55.0 Å². The molecule has 0 aromatic heterocycles. The van der Waals surface area contributed by atoms with Crippen molar-refractivity contribution in [3.05, 3.63) is 36.5 Å². The predicted molar refractivity (Wildman–Crippen MR) is 110 cm³/mol. The second-order valence-corrected chi connectivity index (χ2v) is 6.53. The van der Waals surface area contributed by atoms with Crippen molar-refractivity contribution < 1.29 is 60.3 Å². The van der Waals surface area contributed by atoms with Gasteiger partial charge in [0.15, 0.2) is 6.29 Å². The smallest absolute Gasteiger partial charge is 0.330 e. The Morgan fingerprint density at radius 1 is 0.710 bits per heavy atom. The number of hydrogen-bond acceptors (Lipinski definition) is 9. The Labute approximate surface area is 180 Å². The first-order valence-electron chi connectivity index (χ1n) is 8.38. The van der Waals surface area contributed by atoms with Crippen molar-refractivity contribution in [2.75, 3.05) is 19.8 Å². The first kappa shape index (κ1) is 35.8. The van der Waals surface area contributed by atoms with Crippen LogP contribution in [0.1, 0.15) is 27.7 Å². The molecule has 12 heteroatoms. The minimum Gasteiger partial charge on any atom is -0.478 e. The molecule has 0 aromatic rings. The second-order valence-electron chi connectivity index (χ2n) is 6.53. The normalized spacial score (nSPS) is 11.7. The highest BCUT2D eigenvalue weighted by Gasteiger charge is 2.50. The molecule has 9 N–H and O–H groups in total. The zero-order chi connectivity index (χ0) is 26.2. The first-order valence-corrected chi connectivity index (χ1v) is 8.38. The van der Waals surface area contributed by atoms with Crippen LogP contribution in [0, 0.1) is 5.41 Å². The Morgan fingerprint density at radius 2 is 0.871 bits per heavy atom. The van der Waals surface area contributed by atoms with E-state index >= 15 is 0 Å². The van der Waals surface area contributed by atoms with Crippen LogP contribution in [0.2, 0.25) is 0 Å². The monoisotopic (exact) mass is 454 g/mol. The van der Waals surface area contributed by atoms with E-state index in [1.807, 2.05) is 0 Å². The number of aliphatic hydroxyl groups is 6. The van der Waals surface area contributed by atoms with Gasteiger partial charge in [-0.1, -0.05) is 19.7 Å². The van der Waals surface area contributed by atoms with Crippen LogP contribution in [0.25, 0.3) is 0 Å². The predicted octanol–water partition coefficient (Wildman–Crippen LogP) is -1.05. The standard InChI is InChI=1S/C7H16O6.3C4H6O2/c1-6(13,5(11)12)7(2-8,3-9)4-10;3*1-3(2)4(5)6/h5,8-13H,2-4H2,1H3;3*1H2,2H3,(H,5,6). The summed E-state index contributed by atoms with van der Waals surface area (Å²) >= 11 is 0. The van der Waals surface area contributed by atoms with Gasteiger partial charge in [0.05, 0.1) is 25.2 Å². The molecule has 0 rings (SSSR count). The number of aliphatic carboxylic acids is 3. The SMILES string of the molecule is C=C(C)C(=O)O.C=C(C)C(=O)O.C=C(C)C(=O)O.CC(O)(C(O)O)C(CO)(CO)CO. The van der Waals surface area contributed by atoms with Gasteiger partial charge >= 0.3 is 17.9 Å². The van der Waals surface area contributed by atoms with Crippen molar-refractivity contribution in [2.45, 2.75) is 39.6 Å². The van der Waals surface area contributed by atoms with Gasteiger partial charge in [0.1, 0.15) is 5.60 Å². The van der Waals surface area contributed by atoms with Crippen molar-refractivity contribution in [2.24, 2.45) is 5.41 Å². The zero-order valence-corrected chi connectivity index (χ0v) is 18.1. The molecule has 0 amide bonds. The van der Waals surface area contributed by atoms with E-state index in [0.717, 1.165) is 6.92 Å². The van der Waals surface area contributed by atoms with Crippen LogP contribution in [0.15, 0.2) is 36.5 Å². The van der Waals surface area contributed by atoms with E-state index in [1.54, 1.807) is 0 Å². The van der Waals surface area contributed by atoms with Crippen LogP contribution >= 0.6 is 0 Å². The first-order chi connectivity index (χ1) is 13.8. The minimum atomic E-state index is -2.18. The third kappa shape index (κ3) is 15.8. The summed E-state index contributed by atoms with van der Waals surface area (Å²) in [4.78, 5) is 28.8. The van der Waals surface area contributed by atoms with Gasteiger partial charge in [0.2, 0.25) is 0 Å². The third-order valence-corrected chi connectivity index (χ3v) is 3.58. The average molecular weight is 454 g/mol. The van der Waals surface area contributed by atoms with Gasteiger partial charge in [-0.15, -0.1) is 0 Å². The van der Waals surface area contributed by atoms with Crippen molar-refractivity contribution in [3.63, 3.8) is 0 Å². The van der Waals surface area contributed by atoms with Gasteiger partial charge in [-0.05, 0) is 27.7 Å². The van der Waals surface area contributed by atoms with E-state index in [9.17, 15) is 19.5 Å². The van der Waals surface area contributed by atoms with Gasteiger partial charge in [-0.3, -0.25) is 0 Å². The van der Waals surface area contributed by atoms with Crippen LogP contribution < -0.4 is 0 Å². The average Bonchev–Trinajstić information content (AvgIpc) is 2.64. The molecule has 0 aliphatic rings. The fourth-order valence-electron chi connectivity index (χ4n) is 0.904. The fraction of sp³-hybridized carbons (Fsp3) is 0.526. The fourth-order valence-corrected chi connectivity index (χ4v) is 0.904. The summed E-state index contributed by atoms with van der Waals surface area (Å²) in [5.41, 5.74) is -3.38. The molecule has 0 bridgehead atoms. The molecule has 1 atom stereocenters. The Hall–Kier alpha value is -2.61. The second kappa shape index (κ2) is 17.1. The van der Waals surface area contributed by atoms with E-state index in [-0.39, 0.29) is 16.7 Å². The lowest BCUT2D eigenvalue weighted by molar-refractivity contribution is -0.252. The molecular weight excluding hydrogens is 420 g/mol. The summed E-state index contributed by atoms with van der Waals surface area (Å²) in [6.07, 6.45) is -2.15. The van der Waals surface area contributed by atoms with Crippen LogP contribution in [0.5, 0.6) is 0 Å². The Bertz CT molecular complexity index is 514. The van der Waals surface area contributed by atoms with Gasteiger partial charge in [-0.25, -0.2) is 14.4 Å². The number of hydrogen-bond donors (Lipinski definition) is 9. The maximum Gasteiger partial charge on any atom is 0.330 e. The lowest BCUT2D eigenvalue weighted by Crippen LogP contribution is -2.60. The van der Waals surface area contributed by atoms with Gasteiger partial charge in [0, 0.05) is 16.7 Å². The molecule has 0 fully saturated rings. The van der Waals surface area contributed by atoms with Crippen molar-refractivity contribution in [1.29, 1.82) is 0 Å². The van der Waals surface area contributed by atoms with E-state index in [4.69, 9.17) is 40.9 Å². The molecule has 0 saturated heterocycles. The highest BCUT2D eigenvalue weighted by molar-refractivity contribution is 5.85. The third-order valence-electron chi connectivity index (χ3n) is 3.58. The van der Waals surface area contributed by atoms with Crippen molar-refractivity contribution in [3.8, 4) is 0 Å². The largest absolute Gasteiger partial charge is 0.478 e. The zero-order valence-electron chi connectivity index (χ0n) is 18.1. The summed E-state index contributed by atoms with van der Waals surface area (Å²) < 4.78 is 0. The highest BCUT2D eigenvalue weighted by Crippen LogP contribution is 2.32. The summed E-state index contributed by atoms with van der Waals surface area (Å²) in [6, 6.07) is 0. The topological polar surface area (TPSA) is 233 Å². The molecule has 182 valence electrons. The molecule has 31 heavy (non-hydrogen) atoms. The van der Waals surface area contributed by atoms with Gasteiger partial charge in [0.25, 0.3) is 0 Å². The molecular formula is C19H34O12. The quantitative estimate of drug-likeness (QED) is 0.158. The number of carboxylic acid groups (broad SMARTS) is 3. The summed E-state index contributed by atoms with van der Waals surface area (Å²) in [7, 11) is 0. The van der Waals surface area contributed by atoms with Crippen LogP contribution in [0.4, 0.5) is 0 Å². The molecule has 0 saturated carbocycles. The lowest BCUT2D eigenvalue weighted by Gasteiger charge is -2.42.